The summed E-state index contributed by atoms with van der Waals surface area (Å²) in [7, 11) is -2.59. The van der Waals surface area contributed by atoms with Gasteiger partial charge in [-0.05, 0) is 45.7 Å². The van der Waals surface area contributed by atoms with Crippen LogP contribution in [-0.2, 0) is 13.3 Å². The minimum atomic E-state index is -2.59. The van der Waals surface area contributed by atoms with Gasteiger partial charge in [-0.25, -0.2) is 9.78 Å². The van der Waals surface area contributed by atoms with Crippen LogP contribution in [0.5, 0.6) is 0 Å². The number of carbonyl (C=O) groups is 1. The van der Waals surface area contributed by atoms with Crippen molar-refractivity contribution in [2.45, 2.75) is 39.7 Å². The van der Waals surface area contributed by atoms with Gasteiger partial charge in [0.2, 0.25) is 0 Å². The Bertz CT molecular complexity index is 663. The van der Waals surface area contributed by atoms with Crippen LogP contribution in [0.3, 0.4) is 0 Å². The van der Waals surface area contributed by atoms with Gasteiger partial charge in [-0.15, -0.1) is 0 Å². The van der Waals surface area contributed by atoms with E-state index in [0.29, 0.717) is 31.5 Å². The van der Waals surface area contributed by atoms with Crippen LogP contribution in [0.2, 0.25) is 6.04 Å². The molecule has 0 aliphatic heterocycles. The topological polar surface area (TPSA) is 81.7 Å². The van der Waals surface area contributed by atoms with Gasteiger partial charge < -0.3 is 18.6 Å². The van der Waals surface area contributed by atoms with E-state index in [9.17, 15) is 4.79 Å². The molecule has 0 saturated heterocycles. The summed E-state index contributed by atoms with van der Waals surface area (Å²) in [6, 6.07) is 8.32. The number of aromatic nitrogens is 1. The van der Waals surface area contributed by atoms with Gasteiger partial charge >= 0.3 is 14.8 Å². The Morgan fingerprint density at radius 3 is 2.37 bits per heavy atom. The number of nitrogens with one attached hydrogen (secondary N) is 2. The summed E-state index contributed by atoms with van der Waals surface area (Å²) in [5.74, 6) is 0. The van der Waals surface area contributed by atoms with Gasteiger partial charge in [0.05, 0.1) is 10.2 Å². The number of nitrogens with zero attached hydrogens (tertiary/aromatic N) is 1. The van der Waals surface area contributed by atoms with Crippen LogP contribution in [0.15, 0.2) is 24.3 Å². The number of urea groups is 1. The van der Waals surface area contributed by atoms with Crippen LogP contribution in [-0.4, -0.2) is 46.2 Å². The van der Waals surface area contributed by atoms with E-state index < -0.39 is 8.80 Å². The number of para-hydroxylation sites is 1. The number of rotatable bonds is 12. The molecule has 9 heteroatoms. The first kappa shape index (κ1) is 21.8. The first-order chi connectivity index (χ1) is 13.1. The smallest absolute Gasteiger partial charge is 0.374 e. The van der Waals surface area contributed by atoms with Crippen LogP contribution in [0, 0.1) is 0 Å². The van der Waals surface area contributed by atoms with Crippen molar-refractivity contribution in [2.24, 2.45) is 0 Å². The fourth-order valence-corrected chi connectivity index (χ4v) is 6.28. The van der Waals surface area contributed by atoms with Crippen molar-refractivity contribution in [3.63, 3.8) is 0 Å². The lowest BCUT2D eigenvalue weighted by atomic mass is 10.3. The number of carbonyl (C=O) groups excluding carboxylic acids is 1. The molecule has 27 heavy (non-hydrogen) atoms. The van der Waals surface area contributed by atoms with Gasteiger partial charge in [-0.1, -0.05) is 23.5 Å². The molecule has 1 aromatic heterocycles. The Morgan fingerprint density at radius 2 is 1.74 bits per heavy atom. The highest BCUT2D eigenvalue weighted by Crippen LogP contribution is 2.25. The van der Waals surface area contributed by atoms with Crippen molar-refractivity contribution < 1.29 is 18.1 Å². The van der Waals surface area contributed by atoms with Crippen molar-refractivity contribution in [3.8, 4) is 0 Å². The Morgan fingerprint density at radius 1 is 1.07 bits per heavy atom. The molecule has 150 valence electrons. The number of fused-ring (bicyclic) bond motifs is 1. The van der Waals surface area contributed by atoms with Crippen molar-refractivity contribution >= 4 is 41.5 Å². The minimum absolute atomic E-state index is 0.239. The molecule has 0 bridgehead atoms. The van der Waals surface area contributed by atoms with Crippen molar-refractivity contribution in [2.75, 3.05) is 31.7 Å². The van der Waals surface area contributed by atoms with Crippen LogP contribution >= 0.6 is 11.3 Å². The third kappa shape index (κ3) is 6.85. The molecular weight excluding hydrogens is 382 g/mol. The number of unbranched alkanes of at least 4 members (excludes halogenated alkanes) is 1. The van der Waals surface area contributed by atoms with E-state index in [-0.39, 0.29) is 6.03 Å². The van der Waals surface area contributed by atoms with E-state index in [0.717, 1.165) is 29.1 Å². The third-order valence-electron chi connectivity index (χ3n) is 3.80. The Balaban J connectivity index is 1.72. The lowest BCUT2D eigenvalue weighted by Crippen LogP contribution is -2.46. The predicted octanol–water partition coefficient (Wildman–Crippen LogP) is 4.25. The van der Waals surface area contributed by atoms with Crippen molar-refractivity contribution in [1.29, 1.82) is 0 Å². The van der Waals surface area contributed by atoms with Gasteiger partial charge in [0, 0.05) is 32.4 Å². The standard InChI is InChI=1S/C18H29N3O4SSi/c1-4-23-27(24-5-2,25-6-3)14-10-9-13-19-17(22)21-18-20-15-11-7-8-12-16(15)26-18/h7-8,11-12H,4-6,9-10,13-14H2,1-3H3,(H2,19,20,21,22). The zero-order valence-electron chi connectivity index (χ0n) is 16.2. The molecule has 2 N–H and O–H groups in total. The molecule has 7 nitrogen and oxygen atoms in total. The molecule has 2 aromatic rings. The largest absolute Gasteiger partial charge is 0.500 e. The zero-order chi connectivity index (χ0) is 19.5. The normalized spacial score (nSPS) is 11.7. The molecule has 0 radical (unpaired) electrons. The van der Waals surface area contributed by atoms with Gasteiger partial charge in [0.25, 0.3) is 0 Å². The summed E-state index contributed by atoms with van der Waals surface area (Å²) in [4.78, 5) is 16.4. The number of hydrogen-bond donors (Lipinski definition) is 2. The third-order valence-corrected chi connectivity index (χ3v) is 7.91. The SMILES string of the molecule is CCO[Si](CCCCNC(=O)Nc1nc2ccccc2s1)(OCC)OCC. The maximum Gasteiger partial charge on any atom is 0.500 e. The predicted molar refractivity (Wildman–Crippen MR) is 111 cm³/mol. The van der Waals surface area contributed by atoms with E-state index in [4.69, 9.17) is 13.3 Å². The average Bonchev–Trinajstić information content (AvgIpc) is 3.04. The molecule has 0 aliphatic carbocycles. The highest BCUT2D eigenvalue weighted by molar-refractivity contribution is 7.22. The number of amides is 2. The van der Waals surface area contributed by atoms with Crippen molar-refractivity contribution in [3.05, 3.63) is 24.3 Å². The summed E-state index contributed by atoms with van der Waals surface area (Å²) in [5, 5.41) is 6.26. The number of anilines is 1. The molecule has 1 heterocycles. The first-order valence-electron chi connectivity index (χ1n) is 9.44. The number of hydrogen-bond acceptors (Lipinski definition) is 6. The minimum Gasteiger partial charge on any atom is -0.374 e. The molecule has 0 spiro atoms. The van der Waals surface area contributed by atoms with E-state index in [2.05, 4.69) is 15.6 Å². The Kier molecular flexibility index (Phi) is 9.15. The maximum atomic E-state index is 12.0. The Labute approximate surface area is 165 Å². The molecule has 0 aliphatic rings. The van der Waals surface area contributed by atoms with E-state index >= 15 is 0 Å². The second-order valence-electron chi connectivity index (χ2n) is 5.81. The fraction of sp³-hybridized carbons (Fsp3) is 0.556. The van der Waals surface area contributed by atoms with Gasteiger partial charge in [-0.2, -0.15) is 0 Å². The maximum absolute atomic E-state index is 12.0. The summed E-state index contributed by atoms with van der Waals surface area (Å²) in [5.41, 5.74) is 0.891. The first-order valence-corrected chi connectivity index (χ1v) is 12.2. The zero-order valence-corrected chi connectivity index (χ0v) is 18.1. The monoisotopic (exact) mass is 411 g/mol. The van der Waals surface area contributed by atoms with E-state index in [1.165, 1.54) is 11.3 Å². The van der Waals surface area contributed by atoms with Gasteiger partial charge in [-0.3, -0.25) is 5.32 Å². The lowest BCUT2D eigenvalue weighted by Gasteiger charge is -2.28. The summed E-state index contributed by atoms with van der Waals surface area (Å²) >= 11 is 1.46. The van der Waals surface area contributed by atoms with Gasteiger partial charge in [0.15, 0.2) is 5.13 Å². The molecule has 2 amide bonds. The highest BCUT2D eigenvalue weighted by Gasteiger charge is 2.39. The van der Waals surface area contributed by atoms with Crippen LogP contribution in [0.25, 0.3) is 10.2 Å². The molecule has 2 rings (SSSR count). The van der Waals surface area contributed by atoms with Gasteiger partial charge in [0.1, 0.15) is 0 Å². The molecular formula is C18H29N3O4SSi. The number of thiazole rings is 1. The second-order valence-corrected chi connectivity index (χ2v) is 9.57. The second kappa shape index (κ2) is 11.3. The summed E-state index contributed by atoms with van der Waals surface area (Å²) in [6.07, 6.45) is 1.70. The molecule has 0 atom stereocenters. The average molecular weight is 412 g/mol. The number of benzene rings is 1. The molecule has 0 fully saturated rings. The molecule has 0 saturated carbocycles. The van der Waals surface area contributed by atoms with Crippen LogP contribution < -0.4 is 10.6 Å². The van der Waals surface area contributed by atoms with Crippen LogP contribution in [0.1, 0.15) is 33.6 Å². The molecule has 1 aromatic carbocycles. The van der Waals surface area contributed by atoms with Crippen LogP contribution in [0.4, 0.5) is 9.93 Å². The lowest BCUT2D eigenvalue weighted by molar-refractivity contribution is 0.0707. The Hall–Kier alpha value is -1.52. The molecule has 0 unspecified atom stereocenters. The quantitative estimate of drug-likeness (QED) is 0.403. The fourth-order valence-electron chi connectivity index (χ4n) is 2.74. The van der Waals surface area contributed by atoms with E-state index in [1.807, 2.05) is 45.0 Å². The highest BCUT2D eigenvalue weighted by atomic mass is 32.1. The van der Waals surface area contributed by atoms with E-state index in [1.54, 1.807) is 0 Å². The summed E-state index contributed by atoms with van der Waals surface area (Å²) < 4.78 is 18.6. The summed E-state index contributed by atoms with van der Waals surface area (Å²) in [6.45, 7) is 8.17. The van der Waals surface area contributed by atoms with Crippen molar-refractivity contribution in [1.82, 2.24) is 10.3 Å².